The maximum atomic E-state index is 11.6. The van der Waals surface area contributed by atoms with E-state index in [1.165, 1.54) is 0 Å². The molecule has 0 aliphatic carbocycles. The van der Waals surface area contributed by atoms with Crippen LogP contribution in [0.5, 0.6) is 11.5 Å². The first-order chi connectivity index (χ1) is 10.2. The lowest BCUT2D eigenvalue weighted by Crippen LogP contribution is -2.29. The number of methoxy groups -OCH3 is 1. The van der Waals surface area contributed by atoms with Crippen molar-refractivity contribution < 1.29 is 14.3 Å². The van der Waals surface area contributed by atoms with Gasteiger partial charge in [0.25, 0.3) is 5.91 Å². The highest BCUT2D eigenvalue weighted by Crippen LogP contribution is 2.24. The van der Waals surface area contributed by atoms with Gasteiger partial charge in [0.2, 0.25) is 0 Å². The van der Waals surface area contributed by atoms with Crippen LogP contribution >= 0.6 is 0 Å². The molecule has 0 saturated carbocycles. The van der Waals surface area contributed by atoms with E-state index in [2.05, 4.69) is 10.6 Å². The maximum absolute atomic E-state index is 11.6. The summed E-state index contributed by atoms with van der Waals surface area (Å²) in [4.78, 5) is 11.6. The van der Waals surface area contributed by atoms with Crippen LogP contribution in [0.4, 0.5) is 0 Å². The van der Waals surface area contributed by atoms with Crippen molar-refractivity contribution in [3.63, 3.8) is 0 Å². The fourth-order valence-corrected chi connectivity index (χ4v) is 1.65. The molecule has 0 aliphatic rings. The topological polar surface area (TPSA) is 83.4 Å². The van der Waals surface area contributed by atoms with Gasteiger partial charge in [0.1, 0.15) is 11.5 Å². The number of ether oxygens (including phenoxy) is 2. The summed E-state index contributed by atoms with van der Waals surface area (Å²) in [5, 5.41) is 14.2. The number of carbonyl (C=O) groups is 1. The Labute approximate surface area is 125 Å². The molecule has 0 unspecified atom stereocenters. The third-order valence-electron chi connectivity index (χ3n) is 2.76. The number of nitriles is 1. The quantitative estimate of drug-likeness (QED) is 0.668. The Morgan fingerprint density at radius 3 is 2.90 bits per heavy atom. The SMILES string of the molecule is CCNCc1ccc(OC)cc1OCC(=O)NCCC#N. The molecule has 6 nitrogen and oxygen atoms in total. The van der Waals surface area contributed by atoms with Crippen molar-refractivity contribution in [3.8, 4) is 17.6 Å². The van der Waals surface area contributed by atoms with Crippen LogP contribution in [-0.4, -0.2) is 32.7 Å². The van der Waals surface area contributed by atoms with Crippen LogP contribution in [0.15, 0.2) is 18.2 Å². The van der Waals surface area contributed by atoms with E-state index in [-0.39, 0.29) is 18.9 Å². The number of benzene rings is 1. The number of nitrogens with zero attached hydrogens (tertiary/aromatic N) is 1. The average molecular weight is 291 g/mol. The van der Waals surface area contributed by atoms with Crippen LogP contribution in [0.2, 0.25) is 0 Å². The van der Waals surface area contributed by atoms with Crippen molar-refractivity contribution in [1.29, 1.82) is 5.26 Å². The molecule has 114 valence electrons. The molecular formula is C15H21N3O3. The fraction of sp³-hybridized carbons (Fsp3) is 0.467. The molecule has 2 N–H and O–H groups in total. The molecule has 0 aliphatic heterocycles. The minimum absolute atomic E-state index is 0.0856. The zero-order valence-corrected chi connectivity index (χ0v) is 12.4. The Balaban J connectivity index is 2.62. The number of nitrogens with one attached hydrogen (secondary N) is 2. The Bertz CT molecular complexity index is 497. The smallest absolute Gasteiger partial charge is 0.257 e. The van der Waals surface area contributed by atoms with E-state index >= 15 is 0 Å². The van der Waals surface area contributed by atoms with Gasteiger partial charge in [-0.25, -0.2) is 0 Å². The molecular weight excluding hydrogens is 270 g/mol. The molecule has 0 aromatic heterocycles. The summed E-state index contributed by atoms with van der Waals surface area (Å²) in [6.07, 6.45) is 0.288. The summed E-state index contributed by atoms with van der Waals surface area (Å²) in [7, 11) is 1.58. The molecule has 0 atom stereocenters. The van der Waals surface area contributed by atoms with Crippen molar-refractivity contribution >= 4 is 5.91 Å². The zero-order chi connectivity index (χ0) is 15.5. The Morgan fingerprint density at radius 2 is 2.24 bits per heavy atom. The number of hydrogen-bond donors (Lipinski definition) is 2. The lowest BCUT2D eigenvalue weighted by Gasteiger charge is -2.13. The third kappa shape index (κ3) is 6.15. The van der Waals surface area contributed by atoms with E-state index < -0.39 is 0 Å². The first-order valence-electron chi connectivity index (χ1n) is 6.85. The van der Waals surface area contributed by atoms with E-state index in [1.807, 2.05) is 25.1 Å². The highest BCUT2D eigenvalue weighted by atomic mass is 16.5. The van der Waals surface area contributed by atoms with E-state index in [0.29, 0.717) is 24.6 Å². The van der Waals surface area contributed by atoms with Crippen LogP contribution in [0, 0.1) is 11.3 Å². The summed E-state index contributed by atoms with van der Waals surface area (Å²) in [6.45, 7) is 3.78. The Kier molecular flexibility index (Phi) is 7.69. The lowest BCUT2D eigenvalue weighted by atomic mass is 10.2. The van der Waals surface area contributed by atoms with Gasteiger partial charge in [-0.15, -0.1) is 0 Å². The molecule has 0 saturated heterocycles. The fourth-order valence-electron chi connectivity index (χ4n) is 1.65. The van der Waals surface area contributed by atoms with Gasteiger partial charge in [0.15, 0.2) is 6.61 Å². The summed E-state index contributed by atoms with van der Waals surface area (Å²) in [5.41, 5.74) is 0.961. The molecule has 1 amide bonds. The number of hydrogen-bond acceptors (Lipinski definition) is 5. The van der Waals surface area contributed by atoms with Gasteiger partial charge in [-0.2, -0.15) is 5.26 Å². The number of carbonyl (C=O) groups excluding carboxylic acids is 1. The predicted molar refractivity (Wildman–Crippen MR) is 79.1 cm³/mol. The number of rotatable bonds is 9. The van der Waals surface area contributed by atoms with Gasteiger partial charge < -0.3 is 20.1 Å². The van der Waals surface area contributed by atoms with E-state index in [9.17, 15) is 4.79 Å². The first-order valence-corrected chi connectivity index (χ1v) is 6.85. The maximum Gasteiger partial charge on any atom is 0.257 e. The summed E-state index contributed by atoms with van der Waals surface area (Å²) in [5.74, 6) is 1.04. The standard InChI is InChI=1S/C15H21N3O3/c1-3-17-10-12-5-6-13(20-2)9-14(12)21-11-15(19)18-8-4-7-16/h5-6,9,17H,3-4,8,10-11H2,1-2H3,(H,18,19). The van der Waals surface area contributed by atoms with Gasteiger partial charge in [0, 0.05) is 24.7 Å². The molecule has 0 fully saturated rings. The van der Waals surface area contributed by atoms with Crippen LogP contribution in [0.3, 0.4) is 0 Å². The van der Waals surface area contributed by atoms with Crippen LogP contribution in [0.25, 0.3) is 0 Å². The highest BCUT2D eigenvalue weighted by molar-refractivity contribution is 5.77. The van der Waals surface area contributed by atoms with Crippen molar-refractivity contribution in [1.82, 2.24) is 10.6 Å². The monoisotopic (exact) mass is 291 g/mol. The van der Waals surface area contributed by atoms with Crippen LogP contribution in [0.1, 0.15) is 18.9 Å². The van der Waals surface area contributed by atoms with Gasteiger partial charge in [-0.05, 0) is 12.6 Å². The lowest BCUT2D eigenvalue weighted by molar-refractivity contribution is -0.123. The first kappa shape index (κ1) is 16.8. The van der Waals surface area contributed by atoms with Gasteiger partial charge in [0.05, 0.1) is 19.6 Å². The second-order valence-corrected chi connectivity index (χ2v) is 4.30. The van der Waals surface area contributed by atoms with Gasteiger partial charge >= 0.3 is 0 Å². The second kappa shape index (κ2) is 9.61. The van der Waals surface area contributed by atoms with Crippen molar-refractivity contribution in [2.24, 2.45) is 0 Å². The molecule has 0 bridgehead atoms. The third-order valence-corrected chi connectivity index (χ3v) is 2.76. The molecule has 21 heavy (non-hydrogen) atoms. The molecule has 1 aromatic rings. The van der Waals surface area contributed by atoms with E-state index in [0.717, 1.165) is 12.1 Å². The van der Waals surface area contributed by atoms with Crippen LogP contribution < -0.4 is 20.1 Å². The highest BCUT2D eigenvalue weighted by Gasteiger charge is 2.08. The Morgan fingerprint density at radius 1 is 1.43 bits per heavy atom. The molecule has 1 aromatic carbocycles. The summed E-state index contributed by atoms with van der Waals surface area (Å²) >= 11 is 0. The second-order valence-electron chi connectivity index (χ2n) is 4.30. The van der Waals surface area contributed by atoms with Gasteiger partial charge in [-0.1, -0.05) is 13.0 Å². The largest absolute Gasteiger partial charge is 0.497 e. The minimum Gasteiger partial charge on any atom is -0.497 e. The van der Waals surface area contributed by atoms with E-state index in [1.54, 1.807) is 13.2 Å². The molecule has 6 heteroatoms. The van der Waals surface area contributed by atoms with Crippen molar-refractivity contribution in [2.75, 3.05) is 26.8 Å². The molecule has 0 heterocycles. The van der Waals surface area contributed by atoms with Crippen molar-refractivity contribution in [2.45, 2.75) is 19.9 Å². The average Bonchev–Trinajstić information content (AvgIpc) is 2.51. The van der Waals surface area contributed by atoms with Gasteiger partial charge in [-0.3, -0.25) is 4.79 Å². The summed E-state index contributed by atoms with van der Waals surface area (Å²) < 4.78 is 10.7. The van der Waals surface area contributed by atoms with Crippen LogP contribution in [-0.2, 0) is 11.3 Å². The Hall–Kier alpha value is -2.26. The molecule has 0 spiro atoms. The normalized spacial score (nSPS) is 9.76. The molecule has 1 rings (SSSR count). The zero-order valence-electron chi connectivity index (χ0n) is 12.4. The van der Waals surface area contributed by atoms with Crippen molar-refractivity contribution in [3.05, 3.63) is 23.8 Å². The number of amides is 1. The van der Waals surface area contributed by atoms with E-state index in [4.69, 9.17) is 14.7 Å². The molecule has 0 radical (unpaired) electrons. The predicted octanol–water partition coefficient (Wildman–Crippen LogP) is 1.21. The summed E-state index contributed by atoms with van der Waals surface area (Å²) in [6, 6.07) is 7.48. The minimum atomic E-state index is -0.248.